The summed E-state index contributed by atoms with van der Waals surface area (Å²) in [4.78, 5) is 41.7. The Bertz CT molecular complexity index is 1250. The summed E-state index contributed by atoms with van der Waals surface area (Å²) >= 11 is 0. The fourth-order valence-electron chi connectivity index (χ4n) is 4.96. The van der Waals surface area contributed by atoms with E-state index in [1.807, 2.05) is 34.9 Å². The molecule has 250 valence electrons. The van der Waals surface area contributed by atoms with Gasteiger partial charge in [-0.3, -0.25) is 9.59 Å². The number of para-hydroxylation sites is 1. The third kappa shape index (κ3) is 11.9. The molecule has 2 aromatic carbocycles. The van der Waals surface area contributed by atoms with Crippen molar-refractivity contribution in [2.75, 3.05) is 61.5 Å². The second-order valence-electron chi connectivity index (χ2n) is 12.4. The monoisotopic (exact) mass is 633 g/mol. The van der Waals surface area contributed by atoms with Gasteiger partial charge in [0.15, 0.2) is 28.9 Å². The SMILES string of the molecule is CN1CCC(C(=O)N(C)C)CC1.COc1cccc(C(=O)C2CCN(C(=O)OC(C)(C)C)CC2)c1F.COc1ccccc1F. The van der Waals surface area contributed by atoms with E-state index in [-0.39, 0.29) is 46.6 Å². The lowest BCUT2D eigenvalue weighted by molar-refractivity contribution is -0.134. The van der Waals surface area contributed by atoms with Gasteiger partial charge in [-0.25, -0.2) is 13.6 Å². The van der Waals surface area contributed by atoms with Crippen molar-refractivity contribution in [3.63, 3.8) is 0 Å². The largest absolute Gasteiger partial charge is 0.494 e. The van der Waals surface area contributed by atoms with Gasteiger partial charge < -0.3 is 28.9 Å². The number of carbonyl (C=O) groups excluding carboxylic acids is 3. The molecule has 2 saturated heterocycles. The molecule has 0 spiro atoms. The highest BCUT2D eigenvalue weighted by Crippen LogP contribution is 2.27. The Balaban J connectivity index is 0.000000277. The minimum Gasteiger partial charge on any atom is -0.494 e. The number of likely N-dealkylation sites (tertiary alicyclic amines) is 2. The molecule has 2 aliphatic heterocycles. The number of rotatable bonds is 5. The Morgan fingerprint density at radius 2 is 1.33 bits per heavy atom. The first-order chi connectivity index (χ1) is 21.2. The van der Waals surface area contributed by atoms with Crippen molar-refractivity contribution in [1.82, 2.24) is 14.7 Å². The van der Waals surface area contributed by atoms with Crippen LogP contribution in [0.1, 0.15) is 56.8 Å². The molecule has 0 unspecified atom stereocenters. The van der Waals surface area contributed by atoms with Crippen molar-refractivity contribution < 1.29 is 37.4 Å². The average Bonchev–Trinajstić information content (AvgIpc) is 3.01. The Hall–Kier alpha value is -3.73. The fraction of sp³-hybridized carbons (Fsp3) is 0.559. The molecule has 0 aliphatic carbocycles. The molecule has 0 saturated carbocycles. The Morgan fingerprint density at radius 3 is 1.82 bits per heavy atom. The minimum absolute atomic E-state index is 0.0464. The molecule has 2 aliphatic rings. The maximum Gasteiger partial charge on any atom is 0.410 e. The molecular weight excluding hydrogens is 584 g/mol. The van der Waals surface area contributed by atoms with Gasteiger partial charge in [-0.15, -0.1) is 0 Å². The zero-order chi connectivity index (χ0) is 33.7. The third-order valence-electron chi connectivity index (χ3n) is 7.53. The van der Waals surface area contributed by atoms with E-state index in [1.165, 1.54) is 32.4 Å². The summed E-state index contributed by atoms with van der Waals surface area (Å²) in [6.07, 6.45) is 2.66. The van der Waals surface area contributed by atoms with E-state index >= 15 is 0 Å². The molecular formula is C34H49F2N3O6. The van der Waals surface area contributed by atoms with Gasteiger partial charge in [0.1, 0.15) is 5.60 Å². The van der Waals surface area contributed by atoms with E-state index in [1.54, 1.807) is 34.1 Å². The highest BCUT2D eigenvalue weighted by atomic mass is 19.1. The molecule has 11 heteroatoms. The minimum atomic E-state index is -0.625. The average molecular weight is 634 g/mol. The van der Waals surface area contributed by atoms with E-state index in [9.17, 15) is 23.2 Å². The summed E-state index contributed by atoms with van der Waals surface area (Å²) in [5.74, 6) is -0.566. The number of halogens is 2. The number of benzene rings is 2. The first kappa shape index (κ1) is 37.5. The van der Waals surface area contributed by atoms with Gasteiger partial charge in [-0.2, -0.15) is 0 Å². The highest BCUT2D eigenvalue weighted by Gasteiger charge is 2.31. The normalized spacial score (nSPS) is 15.9. The Morgan fingerprint density at radius 1 is 0.800 bits per heavy atom. The van der Waals surface area contributed by atoms with E-state index in [4.69, 9.17) is 9.47 Å². The number of hydrogen-bond donors (Lipinski definition) is 0. The van der Waals surface area contributed by atoms with E-state index in [0.29, 0.717) is 31.8 Å². The molecule has 0 atom stereocenters. The van der Waals surface area contributed by atoms with Crippen molar-refractivity contribution in [3.8, 4) is 11.5 Å². The molecule has 2 aromatic rings. The second kappa shape index (κ2) is 17.7. The van der Waals surface area contributed by atoms with Gasteiger partial charge in [0.05, 0.1) is 19.8 Å². The standard InChI is InChI=1S/C18H24FNO4.C9H18N2O.C7H7FO/c1-18(2,3)24-17(22)20-10-8-12(9-11-20)16(21)13-6-5-7-14(23-4)15(13)19;1-10(2)9(12)8-4-6-11(3)7-5-8;1-9-7-5-3-2-4-6(7)8/h5-7,12H,8-11H2,1-4H3;8H,4-7H2,1-3H3;2-5H,1H3. The van der Waals surface area contributed by atoms with E-state index in [0.717, 1.165) is 25.9 Å². The van der Waals surface area contributed by atoms with E-state index < -0.39 is 11.4 Å². The van der Waals surface area contributed by atoms with Gasteiger partial charge in [-0.1, -0.05) is 18.2 Å². The predicted octanol–water partition coefficient (Wildman–Crippen LogP) is 5.91. The number of ketones is 1. The number of hydrogen-bond acceptors (Lipinski definition) is 7. The van der Waals surface area contributed by atoms with Crippen molar-refractivity contribution in [2.45, 2.75) is 52.1 Å². The molecule has 0 aromatic heterocycles. The number of nitrogens with zero attached hydrogens (tertiary/aromatic N) is 3. The lowest BCUT2D eigenvalue weighted by Crippen LogP contribution is -2.43. The summed E-state index contributed by atoms with van der Waals surface area (Å²) in [7, 11) is 8.59. The molecule has 45 heavy (non-hydrogen) atoms. The van der Waals surface area contributed by atoms with Crippen molar-refractivity contribution in [3.05, 3.63) is 59.7 Å². The van der Waals surface area contributed by atoms with Crippen LogP contribution in [-0.2, 0) is 9.53 Å². The lowest BCUT2D eigenvalue weighted by atomic mass is 9.88. The summed E-state index contributed by atoms with van der Waals surface area (Å²) in [5, 5.41) is 0. The number of carbonyl (C=O) groups is 3. The van der Waals surface area contributed by atoms with Crippen LogP contribution in [0.3, 0.4) is 0 Å². The van der Waals surface area contributed by atoms with Crippen LogP contribution in [0, 0.1) is 23.5 Å². The van der Waals surface area contributed by atoms with Crippen molar-refractivity contribution in [1.29, 1.82) is 0 Å². The third-order valence-corrected chi connectivity index (χ3v) is 7.53. The van der Waals surface area contributed by atoms with Gasteiger partial charge in [-0.05, 0) is 90.9 Å². The summed E-state index contributed by atoms with van der Waals surface area (Å²) < 4.78 is 41.6. The molecule has 0 radical (unpaired) electrons. The quantitative estimate of drug-likeness (QED) is 0.378. The molecule has 2 heterocycles. The molecule has 4 rings (SSSR count). The summed E-state index contributed by atoms with van der Waals surface area (Å²) in [6.45, 7) is 8.41. The molecule has 9 nitrogen and oxygen atoms in total. The Kier molecular flexibility index (Phi) is 14.7. The number of piperidine rings is 2. The van der Waals surface area contributed by atoms with Crippen LogP contribution in [0.5, 0.6) is 11.5 Å². The van der Waals surface area contributed by atoms with Crippen LogP contribution in [0.15, 0.2) is 42.5 Å². The smallest absolute Gasteiger partial charge is 0.410 e. The molecule has 2 amide bonds. The van der Waals surface area contributed by atoms with Crippen molar-refractivity contribution >= 4 is 17.8 Å². The summed E-state index contributed by atoms with van der Waals surface area (Å²) in [5.41, 5.74) is -0.502. The lowest BCUT2D eigenvalue weighted by Gasteiger charge is -2.33. The maximum absolute atomic E-state index is 14.2. The Labute approximate surface area is 266 Å². The van der Waals surface area contributed by atoms with Crippen LogP contribution in [0.25, 0.3) is 0 Å². The van der Waals surface area contributed by atoms with Crippen LogP contribution in [0.4, 0.5) is 13.6 Å². The summed E-state index contributed by atoms with van der Waals surface area (Å²) in [6, 6.07) is 10.8. The van der Waals surface area contributed by atoms with Crippen LogP contribution in [-0.4, -0.2) is 99.6 Å². The van der Waals surface area contributed by atoms with Crippen molar-refractivity contribution in [2.24, 2.45) is 11.8 Å². The molecule has 0 bridgehead atoms. The number of amides is 2. The van der Waals surface area contributed by atoms with Crippen LogP contribution >= 0.6 is 0 Å². The number of ether oxygens (including phenoxy) is 3. The van der Waals surface area contributed by atoms with Gasteiger partial charge in [0.25, 0.3) is 0 Å². The van der Waals surface area contributed by atoms with Gasteiger partial charge >= 0.3 is 6.09 Å². The predicted molar refractivity (Wildman–Crippen MR) is 170 cm³/mol. The molecule has 0 N–H and O–H groups in total. The van der Waals surface area contributed by atoms with Gasteiger partial charge in [0.2, 0.25) is 5.91 Å². The van der Waals surface area contributed by atoms with Crippen LogP contribution < -0.4 is 9.47 Å². The molecule has 2 fully saturated rings. The fourth-order valence-corrected chi connectivity index (χ4v) is 4.96. The first-order valence-electron chi connectivity index (χ1n) is 15.2. The van der Waals surface area contributed by atoms with Gasteiger partial charge in [0, 0.05) is 39.0 Å². The maximum atomic E-state index is 14.2. The van der Waals surface area contributed by atoms with Crippen LogP contribution in [0.2, 0.25) is 0 Å². The zero-order valence-corrected chi connectivity index (χ0v) is 27.9. The number of Topliss-reactive ketones (excluding diaryl/α,β-unsaturated/α-hetero) is 1. The first-order valence-corrected chi connectivity index (χ1v) is 15.2. The zero-order valence-electron chi connectivity index (χ0n) is 27.9. The second-order valence-corrected chi connectivity index (χ2v) is 12.4. The topological polar surface area (TPSA) is 88.6 Å². The number of methoxy groups -OCH3 is 2. The van der Waals surface area contributed by atoms with E-state index in [2.05, 4.69) is 16.7 Å². The highest BCUT2D eigenvalue weighted by molar-refractivity contribution is 5.98.